The first kappa shape index (κ1) is 19.0. The lowest BCUT2D eigenvalue weighted by molar-refractivity contribution is 0.0964. The number of aromatic nitrogens is 2. The van der Waals surface area contributed by atoms with Gasteiger partial charge in [-0.15, -0.1) is 0 Å². The average Bonchev–Trinajstić information content (AvgIpc) is 3.33. The van der Waals surface area contributed by atoms with E-state index in [2.05, 4.69) is 58.8 Å². The zero-order chi connectivity index (χ0) is 21.0. The van der Waals surface area contributed by atoms with E-state index in [0.29, 0.717) is 12.2 Å². The second kappa shape index (κ2) is 7.14. The van der Waals surface area contributed by atoms with Crippen molar-refractivity contribution in [1.82, 2.24) is 20.2 Å². The summed E-state index contributed by atoms with van der Waals surface area (Å²) < 4.78 is 0. The van der Waals surface area contributed by atoms with Gasteiger partial charge in [0.05, 0.1) is 0 Å². The summed E-state index contributed by atoms with van der Waals surface area (Å²) in [6.07, 6.45) is 10.2. The fourth-order valence-electron chi connectivity index (χ4n) is 5.69. The molecule has 5 nitrogen and oxygen atoms in total. The van der Waals surface area contributed by atoms with Gasteiger partial charge in [-0.25, -0.2) is 4.98 Å². The smallest absolute Gasteiger partial charge is 0.164 e. The Balaban J connectivity index is 1.44. The van der Waals surface area contributed by atoms with Crippen molar-refractivity contribution < 1.29 is 4.79 Å². The van der Waals surface area contributed by atoms with E-state index in [0.717, 1.165) is 62.0 Å². The summed E-state index contributed by atoms with van der Waals surface area (Å²) in [4.78, 5) is 23.2. The molecule has 2 aliphatic heterocycles. The highest BCUT2D eigenvalue weighted by Gasteiger charge is 2.43. The number of hydrogen-bond donors (Lipinski definition) is 2. The highest BCUT2D eigenvalue weighted by atomic mass is 16.1. The summed E-state index contributed by atoms with van der Waals surface area (Å²) in [5.41, 5.74) is 8.06. The van der Waals surface area contributed by atoms with Crippen molar-refractivity contribution in [1.29, 1.82) is 0 Å². The first-order valence-electron chi connectivity index (χ1n) is 11.4. The molecule has 3 aromatic rings. The normalized spacial score (nSPS) is 20.9. The molecule has 1 spiro atoms. The van der Waals surface area contributed by atoms with Gasteiger partial charge in [0.25, 0.3) is 0 Å². The minimum Gasteiger partial charge on any atom is -0.346 e. The highest BCUT2D eigenvalue weighted by molar-refractivity contribution is 6.03. The number of ketones is 1. The summed E-state index contributed by atoms with van der Waals surface area (Å²) in [6.45, 7) is 4.05. The molecule has 0 saturated carbocycles. The van der Waals surface area contributed by atoms with Crippen molar-refractivity contribution in [2.45, 2.75) is 31.1 Å². The number of aromatic amines is 1. The number of carbonyl (C=O) groups excluding carboxylic acids is 1. The van der Waals surface area contributed by atoms with Crippen molar-refractivity contribution in [3.8, 4) is 11.1 Å². The molecule has 0 bridgehead atoms. The van der Waals surface area contributed by atoms with Gasteiger partial charge in [-0.2, -0.15) is 0 Å². The zero-order valence-electron chi connectivity index (χ0n) is 18.0. The third-order valence-corrected chi connectivity index (χ3v) is 7.58. The van der Waals surface area contributed by atoms with Crippen LogP contribution in [0.15, 0.2) is 42.7 Å². The zero-order valence-corrected chi connectivity index (χ0v) is 18.0. The summed E-state index contributed by atoms with van der Waals surface area (Å²) in [7, 11) is 2.16. The number of benzene rings is 1. The molecule has 158 valence electrons. The number of carbonyl (C=O) groups is 1. The minimum absolute atomic E-state index is 0.0160. The molecule has 5 heteroatoms. The fourth-order valence-corrected chi connectivity index (χ4v) is 5.69. The van der Waals surface area contributed by atoms with Crippen LogP contribution in [0.1, 0.15) is 47.2 Å². The molecule has 1 aromatic carbocycles. The standard InChI is InChI=1S/C26H28N4O/c1-30-10-4-17(5-11-30)19-12-21-22(16-29-25(21)28-15-19)18-2-3-20-23(13-18)26(14-24(20)31)6-8-27-9-7-26/h2-4,12-13,15-16,27H,5-11,14H2,1H3,(H,28,29). The van der Waals surface area contributed by atoms with Gasteiger partial charge in [-0.3, -0.25) is 4.79 Å². The van der Waals surface area contributed by atoms with E-state index >= 15 is 0 Å². The number of hydrogen-bond acceptors (Lipinski definition) is 4. The molecule has 1 saturated heterocycles. The lowest BCUT2D eigenvalue weighted by Gasteiger charge is -2.34. The molecular weight excluding hydrogens is 384 g/mol. The van der Waals surface area contributed by atoms with Gasteiger partial charge in [0.15, 0.2) is 5.78 Å². The number of rotatable bonds is 2. The number of pyridine rings is 1. The van der Waals surface area contributed by atoms with Crippen molar-refractivity contribution in [2.24, 2.45) is 0 Å². The third kappa shape index (κ3) is 3.07. The number of H-pyrrole nitrogens is 1. The molecule has 0 unspecified atom stereocenters. The van der Waals surface area contributed by atoms with Gasteiger partial charge in [-0.1, -0.05) is 18.2 Å². The van der Waals surface area contributed by atoms with E-state index < -0.39 is 0 Å². The van der Waals surface area contributed by atoms with Crippen LogP contribution in [0.4, 0.5) is 0 Å². The van der Waals surface area contributed by atoms with Crippen LogP contribution >= 0.6 is 0 Å². The molecule has 6 rings (SSSR count). The van der Waals surface area contributed by atoms with Crippen LogP contribution in [0.2, 0.25) is 0 Å². The predicted octanol–water partition coefficient (Wildman–Crippen LogP) is 4.16. The van der Waals surface area contributed by atoms with E-state index in [-0.39, 0.29) is 5.41 Å². The molecule has 0 radical (unpaired) electrons. The van der Waals surface area contributed by atoms with Crippen LogP contribution in [0, 0.1) is 0 Å². The minimum atomic E-state index is 0.0160. The Kier molecular flexibility index (Phi) is 4.37. The molecule has 1 fully saturated rings. The number of fused-ring (bicyclic) bond motifs is 3. The van der Waals surface area contributed by atoms with Gasteiger partial charge in [0, 0.05) is 53.8 Å². The number of piperidine rings is 1. The summed E-state index contributed by atoms with van der Waals surface area (Å²) >= 11 is 0. The van der Waals surface area contributed by atoms with Gasteiger partial charge >= 0.3 is 0 Å². The largest absolute Gasteiger partial charge is 0.346 e. The Morgan fingerprint density at radius 1 is 1.10 bits per heavy atom. The molecule has 1 aliphatic carbocycles. The van der Waals surface area contributed by atoms with E-state index in [4.69, 9.17) is 4.98 Å². The second-order valence-corrected chi connectivity index (χ2v) is 9.45. The van der Waals surface area contributed by atoms with Crippen LogP contribution in [-0.4, -0.2) is 53.9 Å². The van der Waals surface area contributed by atoms with Crippen molar-refractivity contribution in [3.05, 3.63) is 59.4 Å². The molecule has 31 heavy (non-hydrogen) atoms. The van der Waals surface area contributed by atoms with Crippen LogP contribution in [0.3, 0.4) is 0 Å². The SMILES string of the molecule is CN1CC=C(c2cnc3[nH]cc(-c4ccc5c(c4)C4(CCNCC4)CC5=O)c3c2)CC1. The van der Waals surface area contributed by atoms with Gasteiger partial charge in [0.1, 0.15) is 5.65 Å². The van der Waals surface area contributed by atoms with Crippen molar-refractivity contribution in [2.75, 3.05) is 33.2 Å². The van der Waals surface area contributed by atoms with E-state index in [1.807, 2.05) is 6.20 Å². The molecule has 0 atom stereocenters. The lowest BCUT2D eigenvalue weighted by Crippen LogP contribution is -2.38. The predicted molar refractivity (Wildman–Crippen MR) is 124 cm³/mol. The van der Waals surface area contributed by atoms with E-state index in [1.54, 1.807) is 0 Å². The topological polar surface area (TPSA) is 61.0 Å². The Bertz CT molecular complexity index is 1220. The second-order valence-electron chi connectivity index (χ2n) is 9.45. The Hall–Kier alpha value is -2.76. The molecular formula is C26H28N4O. The summed E-state index contributed by atoms with van der Waals surface area (Å²) in [6, 6.07) is 8.74. The Labute approximate surface area is 182 Å². The van der Waals surface area contributed by atoms with Crippen LogP contribution in [0.25, 0.3) is 27.7 Å². The van der Waals surface area contributed by atoms with Crippen molar-refractivity contribution >= 4 is 22.4 Å². The molecule has 2 aromatic heterocycles. The average molecular weight is 413 g/mol. The van der Waals surface area contributed by atoms with Crippen LogP contribution in [-0.2, 0) is 5.41 Å². The lowest BCUT2D eigenvalue weighted by atomic mass is 9.74. The first-order valence-corrected chi connectivity index (χ1v) is 11.4. The molecule has 4 heterocycles. The summed E-state index contributed by atoms with van der Waals surface area (Å²) in [5.74, 6) is 0.306. The fraction of sp³-hybridized carbons (Fsp3) is 0.385. The Morgan fingerprint density at radius 2 is 1.97 bits per heavy atom. The van der Waals surface area contributed by atoms with Crippen molar-refractivity contribution in [3.63, 3.8) is 0 Å². The maximum Gasteiger partial charge on any atom is 0.164 e. The summed E-state index contributed by atoms with van der Waals surface area (Å²) in [5, 5.41) is 4.61. The monoisotopic (exact) mass is 412 g/mol. The highest BCUT2D eigenvalue weighted by Crippen LogP contribution is 2.46. The van der Waals surface area contributed by atoms with Crippen LogP contribution in [0.5, 0.6) is 0 Å². The van der Waals surface area contributed by atoms with Gasteiger partial charge in [-0.05, 0) is 73.8 Å². The van der Waals surface area contributed by atoms with E-state index in [9.17, 15) is 4.79 Å². The quantitative estimate of drug-likeness (QED) is 0.664. The number of likely N-dealkylation sites (N-methyl/N-ethyl adjacent to an activating group) is 1. The third-order valence-electron chi connectivity index (χ3n) is 7.58. The maximum atomic E-state index is 12.7. The Morgan fingerprint density at radius 3 is 2.77 bits per heavy atom. The molecule has 2 N–H and O–H groups in total. The molecule has 0 amide bonds. The number of nitrogens with zero attached hydrogens (tertiary/aromatic N) is 2. The number of nitrogens with one attached hydrogen (secondary N) is 2. The maximum absolute atomic E-state index is 12.7. The first-order chi connectivity index (χ1) is 15.1. The van der Waals surface area contributed by atoms with Gasteiger partial charge in [0.2, 0.25) is 0 Å². The van der Waals surface area contributed by atoms with Gasteiger partial charge < -0.3 is 15.2 Å². The molecule has 3 aliphatic rings. The number of Topliss-reactive ketones (excluding diaryl/α,β-unsaturated/α-hetero) is 1. The van der Waals surface area contributed by atoms with E-state index in [1.165, 1.54) is 27.8 Å². The van der Waals surface area contributed by atoms with Crippen LogP contribution < -0.4 is 5.32 Å².